The van der Waals surface area contributed by atoms with Crippen molar-refractivity contribution in [3.05, 3.63) is 12.2 Å². The van der Waals surface area contributed by atoms with Gasteiger partial charge in [-0.15, -0.1) is 6.58 Å². The molecule has 0 N–H and O–H groups in total. The minimum absolute atomic E-state index is 0.963. The Labute approximate surface area is 79.1 Å². The molecule has 0 nitrogen and oxygen atoms in total. The average Bonchev–Trinajstić information content (AvgIpc) is 1.87. The van der Waals surface area contributed by atoms with Crippen molar-refractivity contribution >= 4 is 0 Å². The van der Waals surface area contributed by atoms with E-state index in [0.29, 0.717) is 0 Å². The van der Waals surface area contributed by atoms with E-state index in [2.05, 4.69) is 27.4 Å². The van der Waals surface area contributed by atoms with Gasteiger partial charge in [-0.2, -0.15) is 0 Å². The average molecular weight is 170 g/mol. The second kappa shape index (κ2) is 10.7. The minimum atomic E-state index is 0.963. The second-order valence-corrected chi connectivity index (χ2v) is 3.89. The van der Waals surface area contributed by atoms with Crippen LogP contribution in [-0.4, -0.2) is 0 Å². The van der Waals surface area contributed by atoms with E-state index < -0.39 is 0 Å². The first kappa shape index (κ1) is 14.3. The predicted octanol–water partition coefficient (Wildman–Crippen LogP) is 4.81. The van der Waals surface area contributed by atoms with Gasteiger partial charge in [0.1, 0.15) is 0 Å². The van der Waals surface area contributed by atoms with Crippen molar-refractivity contribution in [2.24, 2.45) is 5.92 Å². The minimum Gasteiger partial charge on any atom is -0.100 e. The summed E-state index contributed by atoms with van der Waals surface area (Å²) in [7, 11) is 0. The highest BCUT2D eigenvalue weighted by molar-refractivity contribution is 4.78. The summed E-state index contributed by atoms with van der Waals surface area (Å²) in [5, 5.41) is 0. The molecule has 0 unspecified atom stereocenters. The van der Waals surface area contributed by atoms with Crippen LogP contribution in [0, 0.1) is 5.92 Å². The maximum atomic E-state index is 3.56. The molecule has 0 radical (unpaired) electrons. The number of rotatable bonds is 4. The van der Waals surface area contributed by atoms with Gasteiger partial charge in [0.25, 0.3) is 0 Å². The largest absolute Gasteiger partial charge is 0.100 e. The van der Waals surface area contributed by atoms with E-state index in [1.54, 1.807) is 0 Å². The number of hydrogen-bond donors (Lipinski definition) is 0. The fraction of sp³-hybridized carbons (Fsp3) is 0.833. The lowest BCUT2D eigenvalue weighted by Gasteiger charge is -2.05. The summed E-state index contributed by atoms with van der Waals surface area (Å²) in [6.45, 7) is 14.4. The number of hydrogen-bond acceptors (Lipinski definition) is 0. The Bertz CT molecular complexity index is 82.2. The van der Waals surface area contributed by atoms with Crippen LogP contribution in [0.15, 0.2) is 12.2 Å². The van der Waals surface area contributed by atoms with Crippen LogP contribution in [-0.2, 0) is 0 Å². The molecule has 0 rings (SSSR count). The third-order valence-corrected chi connectivity index (χ3v) is 1.56. The summed E-state index contributed by atoms with van der Waals surface area (Å²) in [6.07, 6.45) is 5.52. The first-order valence-electron chi connectivity index (χ1n) is 5.16. The molecule has 0 atom stereocenters. The van der Waals surface area contributed by atoms with Crippen molar-refractivity contribution in [3.8, 4) is 0 Å². The first-order chi connectivity index (χ1) is 5.54. The molecular formula is C12H26. The Hall–Kier alpha value is -0.260. The van der Waals surface area contributed by atoms with Gasteiger partial charge < -0.3 is 0 Å². The molecule has 0 aromatic rings. The van der Waals surface area contributed by atoms with E-state index >= 15 is 0 Å². The highest BCUT2D eigenvalue weighted by Crippen LogP contribution is 2.10. The SMILES string of the molecule is C=C(C)C.CCCC(C)CCC. The van der Waals surface area contributed by atoms with E-state index in [9.17, 15) is 0 Å². The molecule has 0 heteroatoms. The van der Waals surface area contributed by atoms with Crippen molar-refractivity contribution in [1.29, 1.82) is 0 Å². The van der Waals surface area contributed by atoms with E-state index in [0.717, 1.165) is 5.92 Å². The zero-order valence-corrected chi connectivity index (χ0v) is 9.61. The lowest BCUT2D eigenvalue weighted by Crippen LogP contribution is -1.91. The van der Waals surface area contributed by atoms with Crippen molar-refractivity contribution < 1.29 is 0 Å². The predicted molar refractivity (Wildman–Crippen MR) is 59.5 cm³/mol. The van der Waals surface area contributed by atoms with Crippen LogP contribution in [0.5, 0.6) is 0 Å². The fourth-order valence-electron chi connectivity index (χ4n) is 1.13. The van der Waals surface area contributed by atoms with Gasteiger partial charge in [0.2, 0.25) is 0 Å². The van der Waals surface area contributed by atoms with Crippen molar-refractivity contribution in [3.63, 3.8) is 0 Å². The summed E-state index contributed by atoms with van der Waals surface area (Å²) in [5.41, 5.74) is 1.17. The molecule has 0 aliphatic carbocycles. The van der Waals surface area contributed by atoms with E-state index in [-0.39, 0.29) is 0 Å². The molecule has 0 saturated carbocycles. The Morgan fingerprint density at radius 1 is 1.08 bits per heavy atom. The Morgan fingerprint density at radius 3 is 1.50 bits per heavy atom. The molecule has 0 spiro atoms. The third kappa shape index (κ3) is 22.6. The fourth-order valence-corrected chi connectivity index (χ4v) is 1.13. The molecule has 0 aromatic carbocycles. The molecule has 74 valence electrons. The second-order valence-electron chi connectivity index (χ2n) is 3.89. The van der Waals surface area contributed by atoms with Crippen LogP contribution >= 0.6 is 0 Å². The van der Waals surface area contributed by atoms with Gasteiger partial charge in [-0.3, -0.25) is 0 Å². The highest BCUT2D eigenvalue weighted by Gasteiger charge is 1.95. The van der Waals surface area contributed by atoms with E-state index in [4.69, 9.17) is 0 Å². The van der Waals surface area contributed by atoms with Crippen LogP contribution in [0.1, 0.15) is 60.3 Å². The van der Waals surface area contributed by atoms with Crippen LogP contribution in [0.25, 0.3) is 0 Å². The van der Waals surface area contributed by atoms with Crippen LogP contribution in [0.3, 0.4) is 0 Å². The zero-order valence-electron chi connectivity index (χ0n) is 9.61. The van der Waals surface area contributed by atoms with Gasteiger partial charge in [0, 0.05) is 0 Å². The third-order valence-electron chi connectivity index (χ3n) is 1.56. The number of allylic oxidation sites excluding steroid dienone is 1. The van der Waals surface area contributed by atoms with Crippen LogP contribution in [0.2, 0.25) is 0 Å². The molecule has 0 fully saturated rings. The summed E-state index contributed by atoms with van der Waals surface area (Å²) in [4.78, 5) is 0. The van der Waals surface area contributed by atoms with Crippen molar-refractivity contribution in [2.45, 2.75) is 60.3 Å². The molecular weight excluding hydrogens is 144 g/mol. The summed E-state index contributed by atoms with van der Waals surface area (Å²) >= 11 is 0. The maximum Gasteiger partial charge on any atom is -0.0443 e. The monoisotopic (exact) mass is 170 g/mol. The van der Waals surface area contributed by atoms with Crippen molar-refractivity contribution in [1.82, 2.24) is 0 Å². The molecule has 0 aliphatic rings. The van der Waals surface area contributed by atoms with Gasteiger partial charge in [0.05, 0.1) is 0 Å². The molecule has 0 aliphatic heterocycles. The smallest absolute Gasteiger partial charge is 0.0443 e. The van der Waals surface area contributed by atoms with Crippen LogP contribution in [0.4, 0.5) is 0 Å². The Kier molecular flexibility index (Phi) is 12.8. The molecule has 0 bridgehead atoms. The topological polar surface area (TPSA) is 0 Å². The van der Waals surface area contributed by atoms with Gasteiger partial charge in [-0.1, -0.05) is 52.0 Å². The quantitative estimate of drug-likeness (QED) is 0.531. The van der Waals surface area contributed by atoms with Gasteiger partial charge in [0.15, 0.2) is 0 Å². The summed E-state index contributed by atoms with van der Waals surface area (Å²) in [5.74, 6) is 0.963. The van der Waals surface area contributed by atoms with Crippen molar-refractivity contribution in [2.75, 3.05) is 0 Å². The Morgan fingerprint density at radius 2 is 1.33 bits per heavy atom. The van der Waals surface area contributed by atoms with Gasteiger partial charge >= 0.3 is 0 Å². The summed E-state index contributed by atoms with van der Waals surface area (Å²) < 4.78 is 0. The standard InChI is InChI=1S/C8H18.C4H8/c1-4-6-8(3)7-5-2;1-4(2)3/h8H,4-7H2,1-3H3;1H2,2-3H3. The Balaban J connectivity index is 0. The molecule has 12 heavy (non-hydrogen) atoms. The highest BCUT2D eigenvalue weighted by atomic mass is 14.0. The molecule has 0 saturated heterocycles. The van der Waals surface area contributed by atoms with E-state index in [1.807, 2.05) is 13.8 Å². The first-order valence-corrected chi connectivity index (χ1v) is 5.16. The lowest BCUT2D eigenvalue weighted by molar-refractivity contribution is 0.480. The maximum absolute atomic E-state index is 3.56. The lowest BCUT2D eigenvalue weighted by atomic mass is 10.0. The van der Waals surface area contributed by atoms with E-state index in [1.165, 1.54) is 31.3 Å². The molecule has 0 heterocycles. The zero-order chi connectivity index (χ0) is 9.98. The molecule has 0 aromatic heterocycles. The molecule has 0 amide bonds. The normalized spacial score (nSPS) is 9.17. The van der Waals surface area contributed by atoms with Crippen LogP contribution < -0.4 is 0 Å². The summed E-state index contributed by atoms with van der Waals surface area (Å²) in [6, 6.07) is 0. The van der Waals surface area contributed by atoms with Gasteiger partial charge in [-0.05, 0) is 19.8 Å². The van der Waals surface area contributed by atoms with Gasteiger partial charge in [-0.25, -0.2) is 0 Å².